The Kier molecular flexibility index (Phi) is 6.13. The number of ketones is 1. The third-order valence-electron chi connectivity index (χ3n) is 3.79. The maximum absolute atomic E-state index is 12.1. The first-order valence-corrected chi connectivity index (χ1v) is 8.22. The second kappa shape index (κ2) is 8.30. The Hall–Kier alpha value is -3.13. The predicted molar refractivity (Wildman–Crippen MR) is 97.1 cm³/mol. The molecule has 26 heavy (non-hydrogen) atoms. The average Bonchev–Trinajstić information content (AvgIpc) is 2.64. The van der Waals surface area contributed by atoms with Crippen LogP contribution in [0.25, 0.3) is 0 Å². The summed E-state index contributed by atoms with van der Waals surface area (Å²) in [6.07, 6.45) is 0. The molecule has 2 aromatic rings. The van der Waals surface area contributed by atoms with E-state index in [4.69, 9.17) is 14.7 Å². The molecular weight excluding hydrogens is 330 g/mol. The van der Waals surface area contributed by atoms with Crippen LogP contribution in [0, 0.1) is 11.3 Å². The predicted octanol–water partition coefficient (Wildman–Crippen LogP) is 3.66. The van der Waals surface area contributed by atoms with Gasteiger partial charge >= 0.3 is 5.97 Å². The highest BCUT2D eigenvalue weighted by molar-refractivity contribution is 5.98. The highest BCUT2D eigenvalue weighted by Crippen LogP contribution is 2.22. The van der Waals surface area contributed by atoms with Gasteiger partial charge in [0.2, 0.25) is 0 Å². The number of benzene rings is 2. The molecule has 0 atom stereocenters. The molecule has 0 fully saturated rings. The molecule has 0 aromatic heterocycles. The maximum Gasteiger partial charge on any atom is 0.344 e. The average molecular weight is 351 g/mol. The lowest BCUT2D eigenvalue weighted by molar-refractivity contribution is -0.144. The van der Waals surface area contributed by atoms with Crippen molar-refractivity contribution in [2.24, 2.45) is 0 Å². The van der Waals surface area contributed by atoms with Gasteiger partial charge in [0.25, 0.3) is 0 Å². The minimum Gasteiger partial charge on any atom is -0.481 e. The summed E-state index contributed by atoms with van der Waals surface area (Å²) >= 11 is 0. The molecule has 0 spiro atoms. The summed E-state index contributed by atoms with van der Waals surface area (Å²) in [6, 6.07) is 15.8. The Labute approximate surface area is 153 Å². The standard InChI is InChI=1S/C21H21NO4/c1-21(2,3)17-10-8-15(9-11-17)18(23)13-26-20(24)14-25-19-7-5-4-6-16(19)12-22/h4-11H,13-14H2,1-3H3. The van der Waals surface area contributed by atoms with Crippen molar-refractivity contribution in [1.29, 1.82) is 5.26 Å². The number of nitrogens with zero attached hydrogens (tertiary/aromatic N) is 1. The van der Waals surface area contributed by atoms with Crippen molar-refractivity contribution >= 4 is 11.8 Å². The van der Waals surface area contributed by atoms with E-state index in [1.165, 1.54) is 0 Å². The topological polar surface area (TPSA) is 76.4 Å². The molecule has 134 valence electrons. The number of para-hydroxylation sites is 1. The Morgan fingerprint density at radius 1 is 1.00 bits per heavy atom. The van der Waals surface area contributed by atoms with Crippen molar-refractivity contribution in [3.8, 4) is 11.8 Å². The molecule has 0 bridgehead atoms. The summed E-state index contributed by atoms with van der Waals surface area (Å²) in [5.74, 6) is -0.648. The van der Waals surface area contributed by atoms with Crippen LogP contribution in [-0.2, 0) is 14.9 Å². The van der Waals surface area contributed by atoms with Crippen molar-refractivity contribution in [2.45, 2.75) is 26.2 Å². The smallest absolute Gasteiger partial charge is 0.344 e. The molecule has 0 N–H and O–H groups in total. The van der Waals surface area contributed by atoms with Crippen LogP contribution in [0.2, 0.25) is 0 Å². The summed E-state index contributed by atoms with van der Waals surface area (Å²) in [7, 11) is 0. The van der Waals surface area contributed by atoms with Gasteiger partial charge < -0.3 is 9.47 Å². The lowest BCUT2D eigenvalue weighted by atomic mass is 9.86. The molecule has 0 saturated heterocycles. The molecular formula is C21H21NO4. The molecule has 5 heteroatoms. The Balaban J connectivity index is 1.85. The molecule has 0 unspecified atom stereocenters. The van der Waals surface area contributed by atoms with Crippen LogP contribution in [0.15, 0.2) is 48.5 Å². The van der Waals surface area contributed by atoms with Crippen LogP contribution in [0.1, 0.15) is 42.3 Å². The van der Waals surface area contributed by atoms with Crippen molar-refractivity contribution in [3.05, 3.63) is 65.2 Å². The second-order valence-electron chi connectivity index (χ2n) is 6.81. The summed E-state index contributed by atoms with van der Waals surface area (Å²) in [6.45, 7) is 5.56. The van der Waals surface area contributed by atoms with Gasteiger partial charge in [0.05, 0.1) is 5.56 Å². The van der Waals surface area contributed by atoms with Gasteiger partial charge in [-0.05, 0) is 23.1 Å². The van der Waals surface area contributed by atoms with Gasteiger partial charge in [0, 0.05) is 5.56 Å². The molecule has 0 heterocycles. The normalized spacial score (nSPS) is 10.7. The lowest BCUT2D eigenvalue weighted by Crippen LogP contribution is -2.20. The van der Waals surface area contributed by atoms with Gasteiger partial charge in [0.1, 0.15) is 11.8 Å². The first-order valence-electron chi connectivity index (χ1n) is 8.22. The van der Waals surface area contributed by atoms with E-state index in [1.54, 1.807) is 36.4 Å². The van der Waals surface area contributed by atoms with E-state index in [0.29, 0.717) is 16.9 Å². The fraction of sp³-hybridized carbons (Fsp3) is 0.286. The number of carbonyl (C=O) groups is 2. The van der Waals surface area contributed by atoms with Gasteiger partial charge in [-0.25, -0.2) is 4.79 Å². The Morgan fingerprint density at radius 2 is 1.65 bits per heavy atom. The molecule has 5 nitrogen and oxygen atoms in total. The second-order valence-corrected chi connectivity index (χ2v) is 6.81. The van der Waals surface area contributed by atoms with Crippen LogP contribution in [0.4, 0.5) is 0 Å². The first kappa shape index (κ1) is 19.2. The summed E-state index contributed by atoms with van der Waals surface area (Å²) in [5, 5.41) is 8.96. The van der Waals surface area contributed by atoms with E-state index in [2.05, 4.69) is 20.8 Å². The van der Waals surface area contributed by atoms with E-state index in [0.717, 1.165) is 5.56 Å². The van der Waals surface area contributed by atoms with Crippen LogP contribution in [-0.4, -0.2) is 25.0 Å². The molecule has 0 aliphatic heterocycles. The van der Waals surface area contributed by atoms with Gasteiger partial charge in [-0.3, -0.25) is 4.79 Å². The lowest BCUT2D eigenvalue weighted by Gasteiger charge is -2.18. The third kappa shape index (κ3) is 5.18. The quantitative estimate of drug-likeness (QED) is 0.586. The van der Waals surface area contributed by atoms with E-state index >= 15 is 0 Å². The van der Waals surface area contributed by atoms with Gasteiger partial charge in [-0.1, -0.05) is 57.2 Å². The van der Waals surface area contributed by atoms with Gasteiger partial charge in [0.15, 0.2) is 19.0 Å². The molecule has 0 aliphatic rings. The van der Waals surface area contributed by atoms with Crippen molar-refractivity contribution in [3.63, 3.8) is 0 Å². The molecule has 0 aliphatic carbocycles. The first-order chi connectivity index (χ1) is 12.3. The minimum atomic E-state index is -0.669. The van der Waals surface area contributed by atoms with E-state index in [9.17, 15) is 9.59 Å². The van der Waals surface area contributed by atoms with E-state index in [-0.39, 0.29) is 24.4 Å². The summed E-state index contributed by atoms with van der Waals surface area (Å²) < 4.78 is 10.2. The van der Waals surface area contributed by atoms with Crippen LogP contribution < -0.4 is 4.74 Å². The van der Waals surface area contributed by atoms with E-state index < -0.39 is 5.97 Å². The monoisotopic (exact) mass is 351 g/mol. The number of nitriles is 1. The number of carbonyl (C=O) groups excluding carboxylic acids is 2. The molecule has 2 aromatic carbocycles. The number of esters is 1. The zero-order chi connectivity index (χ0) is 19.2. The fourth-order valence-electron chi connectivity index (χ4n) is 2.25. The van der Waals surface area contributed by atoms with Crippen LogP contribution >= 0.6 is 0 Å². The van der Waals surface area contributed by atoms with Crippen molar-refractivity contribution < 1.29 is 19.1 Å². The zero-order valence-electron chi connectivity index (χ0n) is 15.1. The fourth-order valence-corrected chi connectivity index (χ4v) is 2.25. The maximum atomic E-state index is 12.1. The highest BCUT2D eigenvalue weighted by atomic mass is 16.6. The van der Waals surface area contributed by atoms with Crippen molar-refractivity contribution in [2.75, 3.05) is 13.2 Å². The third-order valence-corrected chi connectivity index (χ3v) is 3.79. The highest BCUT2D eigenvalue weighted by Gasteiger charge is 2.15. The minimum absolute atomic E-state index is 0.00506. The van der Waals surface area contributed by atoms with Crippen LogP contribution in [0.5, 0.6) is 5.75 Å². The summed E-state index contributed by atoms with van der Waals surface area (Å²) in [5.41, 5.74) is 1.94. The van der Waals surface area contributed by atoms with E-state index in [1.807, 2.05) is 18.2 Å². The number of Topliss-reactive ketones (excluding diaryl/α,β-unsaturated/α-hetero) is 1. The molecule has 0 radical (unpaired) electrons. The van der Waals surface area contributed by atoms with Crippen LogP contribution in [0.3, 0.4) is 0 Å². The number of rotatable bonds is 6. The molecule has 2 rings (SSSR count). The number of ether oxygens (including phenoxy) is 2. The molecule has 0 saturated carbocycles. The van der Waals surface area contributed by atoms with Crippen molar-refractivity contribution in [1.82, 2.24) is 0 Å². The number of hydrogen-bond donors (Lipinski definition) is 0. The zero-order valence-corrected chi connectivity index (χ0v) is 15.1. The van der Waals surface area contributed by atoms with Gasteiger partial charge in [-0.15, -0.1) is 0 Å². The Bertz CT molecular complexity index is 826. The summed E-state index contributed by atoms with van der Waals surface area (Å²) in [4.78, 5) is 23.9. The van der Waals surface area contributed by atoms with Gasteiger partial charge in [-0.2, -0.15) is 5.26 Å². The number of hydrogen-bond acceptors (Lipinski definition) is 5. The molecule has 0 amide bonds. The largest absolute Gasteiger partial charge is 0.481 e. The Morgan fingerprint density at radius 3 is 2.27 bits per heavy atom. The SMILES string of the molecule is CC(C)(C)c1ccc(C(=O)COC(=O)COc2ccccc2C#N)cc1.